The number of aliphatic hydroxyl groups is 1. The third kappa shape index (κ3) is 2.42. The predicted molar refractivity (Wildman–Crippen MR) is 76.2 cm³/mol. The smallest absolute Gasteiger partial charge is 0.0951 e. The summed E-state index contributed by atoms with van der Waals surface area (Å²) in [7, 11) is 0. The molecule has 1 aromatic heterocycles. The molecule has 1 aliphatic rings. The highest BCUT2D eigenvalue weighted by atomic mass is 32.1. The van der Waals surface area contributed by atoms with Crippen LogP contribution in [-0.2, 0) is 0 Å². The van der Waals surface area contributed by atoms with Gasteiger partial charge in [0, 0.05) is 0 Å². The van der Waals surface area contributed by atoms with Gasteiger partial charge >= 0.3 is 0 Å². The van der Waals surface area contributed by atoms with Gasteiger partial charge in [0.25, 0.3) is 0 Å². The number of nitrogens with zero attached hydrogens (tertiary/aromatic N) is 2. The van der Waals surface area contributed by atoms with Crippen molar-refractivity contribution in [2.45, 2.75) is 38.2 Å². The Morgan fingerprint density at radius 1 is 1.26 bits per heavy atom. The Morgan fingerprint density at radius 3 is 2.68 bits per heavy atom. The van der Waals surface area contributed by atoms with Gasteiger partial charge in [-0.05, 0) is 41.3 Å². The van der Waals surface area contributed by atoms with Gasteiger partial charge < -0.3 is 5.11 Å². The number of aliphatic hydroxyl groups excluding tert-OH is 1. The highest BCUT2D eigenvalue weighted by molar-refractivity contribution is 7.05. The van der Waals surface area contributed by atoms with Gasteiger partial charge in [0.05, 0.1) is 16.7 Å². The van der Waals surface area contributed by atoms with Crippen LogP contribution < -0.4 is 0 Å². The molecule has 19 heavy (non-hydrogen) atoms. The van der Waals surface area contributed by atoms with Crippen LogP contribution in [0.3, 0.4) is 0 Å². The second kappa shape index (κ2) is 5.02. The lowest BCUT2D eigenvalue weighted by Gasteiger charge is -2.11. The zero-order valence-corrected chi connectivity index (χ0v) is 12.0. The van der Waals surface area contributed by atoms with Crippen molar-refractivity contribution in [3.8, 4) is 0 Å². The van der Waals surface area contributed by atoms with Crippen LogP contribution in [0.25, 0.3) is 0 Å². The number of hydrogen-bond acceptors (Lipinski definition) is 4. The Morgan fingerprint density at radius 2 is 2.00 bits per heavy atom. The van der Waals surface area contributed by atoms with E-state index in [4.69, 9.17) is 0 Å². The first-order valence-corrected chi connectivity index (χ1v) is 7.51. The zero-order chi connectivity index (χ0) is 13.4. The number of aromatic nitrogens is 2. The van der Waals surface area contributed by atoms with Crippen molar-refractivity contribution in [3.63, 3.8) is 0 Å². The van der Waals surface area contributed by atoms with Crippen LogP contribution in [0.5, 0.6) is 0 Å². The van der Waals surface area contributed by atoms with Gasteiger partial charge in [-0.2, -0.15) is 0 Å². The third-order valence-corrected chi connectivity index (χ3v) is 4.64. The summed E-state index contributed by atoms with van der Waals surface area (Å²) in [6.07, 6.45) is 0.642. The van der Waals surface area contributed by atoms with Gasteiger partial charge in [0.15, 0.2) is 0 Å². The molecule has 1 aliphatic carbocycles. The lowest BCUT2D eigenvalue weighted by atomic mass is 10.0. The molecule has 0 bridgehead atoms. The minimum Gasteiger partial charge on any atom is -0.387 e. The van der Waals surface area contributed by atoms with Gasteiger partial charge in [-0.1, -0.05) is 48.7 Å². The molecule has 3 rings (SSSR count). The lowest BCUT2D eigenvalue weighted by molar-refractivity contribution is 0.153. The molecule has 3 atom stereocenters. The van der Waals surface area contributed by atoms with Crippen molar-refractivity contribution in [1.82, 2.24) is 9.59 Å². The molecule has 3 nitrogen and oxygen atoms in total. The first kappa shape index (κ1) is 12.8. The van der Waals surface area contributed by atoms with Crippen molar-refractivity contribution >= 4 is 11.5 Å². The molecule has 1 heterocycles. The Hall–Kier alpha value is -1.26. The summed E-state index contributed by atoms with van der Waals surface area (Å²) < 4.78 is 4.00. The molecule has 1 N–H and O–H groups in total. The van der Waals surface area contributed by atoms with Crippen LogP contribution in [0.2, 0.25) is 0 Å². The van der Waals surface area contributed by atoms with Crippen LogP contribution in [0.15, 0.2) is 30.3 Å². The SMILES string of the molecule is CC(C)c1nnsc1C(O)C1CC1c1ccccc1. The average Bonchev–Trinajstić information content (AvgIpc) is 3.06. The van der Waals surface area contributed by atoms with E-state index in [1.165, 1.54) is 17.1 Å². The maximum atomic E-state index is 10.5. The summed E-state index contributed by atoms with van der Waals surface area (Å²) in [4.78, 5) is 0.957. The summed E-state index contributed by atoms with van der Waals surface area (Å²) in [5.74, 6) is 1.12. The van der Waals surface area contributed by atoms with Crippen molar-refractivity contribution in [2.75, 3.05) is 0 Å². The molecule has 0 radical (unpaired) electrons. The van der Waals surface area contributed by atoms with E-state index in [-0.39, 0.29) is 0 Å². The number of hydrogen-bond donors (Lipinski definition) is 1. The fraction of sp³-hybridized carbons (Fsp3) is 0.467. The Balaban J connectivity index is 1.76. The first-order valence-electron chi connectivity index (χ1n) is 6.73. The fourth-order valence-corrected chi connectivity index (χ4v) is 3.52. The van der Waals surface area contributed by atoms with E-state index in [0.717, 1.165) is 17.0 Å². The molecule has 100 valence electrons. The van der Waals surface area contributed by atoms with E-state index in [0.29, 0.717) is 17.8 Å². The van der Waals surface area contributed by atoms with Crippen molar-refractivity contribution < 1.29 is 5.11 Å². The largest absolute Gasteiger partial charge is 0.387 e. The third-order valence-electron chi connectivity index (χ3n) is 3.83. The molecule has 2 aromatic rings. The number of rotatable bonds is 4. The molecular weight excluding hydrogens is 256 g/mol. The standard InChI is InChI=1S/C15H18N2OS/c1-9(2)13-15(19-17-16-13)14(18)12-8-11(12)10-6-4-3-5-7-10/h3-7,9,11-12,14,18H,8H2,1-2H3. The van der Waals surface area contributed by atoms with Crippen LogP contribution in [0.1, 0.15) is 54.3 Å². The lowest BCUT2D eigenvalue weighted by Crippen LogP contribution is -2.04. The second-order valence-corrected chi connectivity index (χ2v) is 6.32. The van der Waals surface area contributed by atoms with Crippen LogP contribution >= 0.6 is 11.5 Å². The van der Waals surface area contributed by atoms with Crippen LogP contribution in [0, 0.1) is 5.92 Å². The molecule has 0 amide bonds. The molecule has 1 aromatic carbocycles. The molecular formula is C15H18N2OS. The molecule has 3 unspecified atom stereocenters. The van der Waals surface area contributed by atoms with E-state index in [1.54, 1.807) is 0 Å². The molecule has 1 saturated carbocycles. The highest BCUT2D eigenvalue weighted by Crippen LogP contribution is 2.55. The Labute approximate surface area is 117 Å². The quantitative estimate of drug-likeness (QED) is 0.928. The summed E-state index contributed by atoms with van der Waals surface area (Å²) in [6, 6.07) is 10.4. The van der Waals surface area contributed by atoms with Gasteiger partial charge in [-0.15, -0.1) is 5.10 Å². The highest BCUT2D eigenvalue weighted by Gasteiger charge is 2.45. The predicted octanol–water partition coefficient (Wildman–Crippen LogP) is 3.50. The average molecular weight is 274 g/mol. The van der Waals surface area contributed by atoms with Crippen molar-refractivity contribution in [1.29, 1.82) is 0 Å². The van der Waals surface area contributed by atoms with Crippen molar-refractivity contribution in [3.05, 3.63) is 46.5 Å². The molecule has 0 saturated heterocycles. The van der Waals surface area contributed by atoms with Crippen LogP contribution in [-0.4, -0.2) is 14.7 Å². The first-order chi connectivity index (χ1) is 9.18. The van der Waals surface area contributed by atoms with E-state index in [2.05, 4.69) is 47.7 Å². The van der Waals surface area contributed by atoms with Gasteiger partial charge in [-0.3, -0.25) is 0 Å². The van der Waals surface area contributed by atoms with E-state index >= 15 is 0 Å². The topological polar surface area (TPSA) is 46.0 Å². The van der Waals surface area contributed by atoms with E-state index in [9.17, 15) is 5.11 Å². The normalized spacial score (nSPS) is 23.6. The van der Waals surface area contributed by atoms with Gasteiger partial charge in [0.1, 0.15) is 0 Å². The van der Waals surface area contributed by atoms with E-state index in [1.807, 2.05) is 6.07 Å². The van der Waals surface area contributed by atoms with Crippen molar-refractivity contribution in [2.24, 2.45) is 5.92 Å². The minimum absolute atomic E-state index is 0.317. The monoisotopic (exact) mass is 274 g/mol. The minimum atomic E-state index is -0.414. The van der Waals surface area contributed by atoms with Gasteiger partial charge in [0.2, 0.25) is 0 Å². The Kier molecular flexibility index (Phi) is 3.37. The molecule has 0 spiro atoms. The maximum Gasteiger partial charge on any atom is 0.0951 e. The Bertz CT molecular complexity index is 552. The zero-order valence-electron chi connectivity index (χ0n) is 11.2. The number of benzene rings is 1. The molecule has 1 fully saturated rings. The maximum absolute atomic E-state index is 10.5. The van der Waals surface area contributed by atoms with Gasteiger partial charge in [-0.25, -0.2) is 0 Å². The second-order valence-electron chi connectivity index (χ2n) is 5.54. The molecule has 4 heteroatoms. The fourth-order valence-electron chi connectivity index (χ4n) is 2.65. The van der Waals surface area contributed by atoms with Crippen LogP contribution in [0.4, 0.5) is 0 Å². The summed E-state index contributed by atoms with van der Waals surface area (Å²) >= 11 is 1.34. The summed E-state index contributed by atoms with van der Waals surface area (Å²) in [5.41, 5.74) is 2.28. The summed E-state index contributed by atoms with van der Waals surface area (Å²) in [6.45, 7) is 4.18. The van der Waals surface area contributed by atoms with E-state index < -0.39 is 6.10 Å². The summed E-state index contributed by atoms with van der Waals surface area (Å²) in [5, 5.41) is 14.7. The molecule has 0 aliphatic heterocycles.